The molecule has 0 bridgehead atoms. The first kappa shape index (κ1) is 17.2. The molecule has 1 aromatic carbocycles. The second-order valence-electron chi connectivity index (χ2n) is 6.25. The molecule has 5 nitrogen and oxygen atoms in total. The lowest BCUT2D eigenvalue weighted by Crippen LogP contribution is -2.29. The predicted molar refractivity (Wildman–Crippen MR) is 93.4 cm³/mol. The Hall–Kier alpha value is -2.58. The molecule has 0 radical (unpaired) electrons. The van der Waals surface area contributed by atoms with E-state index in [0.717, 1.165) is 25.3 Å². The fourth-order valence-electron chi connectivity index (χ4n) is 2.99. The Kier molecular flexibility index (Phi) is 4.91. The van der Waals surface area contributed by atoms with Crippen molar-refractivity contribution in [1.29, 1.82) is 0 Å². The maximum atomic E-state index is 12.1. The summed E-state index contributed by atoms with van der Waals surface area (Å²) in [5.74, 6) is 5.11. The number of aliphatic hydroxyl groups is 1. The second kappa shape index (κ2) is 7.12. The third kappa shape index (κ3) is 3.92. The Morgan fingerprint density at radius 1 is 1.28 bits per heavy atom. The van der Waals surface area contributed by atoms with Crippen molar-refractivity contribution in [3.8, 4) is 11.8 Å². The zero-order valence-corrected chi connectivity index (χ0v) is 14.1. The van der Waals surface area contributed by atoms with Gasteiger partial charge in [0.2, 0.25) is 5.76 Å². The summed E-state index contributed by atoms with van der Waals surface area (Å²) in [5.41, 5.74) is -0.357. The Morgan fingerprint density at radius 3 is 2.76 bits per heavy atom. The van der Waals surface area contributed by atoms with Crippen LogP contribution < -0.4 is 5.43 Å². The second-order valence-corrected chi connectivity index (χ2v) is 6.25. The van der Waals surface area contributed by atoms with E-state index in [4.69, 9.17) is 9.15 Å². The first-order valence-electron chi connectivity index (χ1n) is 8.51. The first-order valence-corrected chi connectivity index (χ1v) is 8.51. The lowest BCUT2D eigenvalue weighted by molar-refractivity contribution is 0.0490. The van der Waals surface area contributed by atoms with Gasteiger partial charge >= 0.3 is 5.97 Å². The maximum absolute atomic E-state index is 12.1. The Bertz CT molecular complexity index is 907. The summed E-state index contributed by atoms with van der Waals surface area (Å²) in [4.78, 5) is 23.9. The molecule has 1 aliphatic carbocycles. The standard InChI is InChI=1S/C20H20O5/c1-2-24-19(22)18-13-16(21)15-7-6-14(12-17(15)25-18)8-11-20(23)9-4-3-5-10-20/h6-7,12-13,23H,2-5,9-10H2,1H3. The van der Waals surface area contributed by atoms with Crippen LogP contribution in [0.2, 0.25) is 0 Å². The van der Waals surface area contributed by atoms with E-state index >= 15 is 0 Å². The van der Waals surface area contributed by atoms with Gasteiger partial charge < -0.3 is 14.3 Å². The smallest absolute Gasteiger partial charge is 0.374 e. The minimum absolute atomic E-state index is 0.129. The van der Waals surface area contributed by atoms with E-state index in [-0.39, 0.29) is 23.4 Å². The molecule has 0 saturated heterocycles. The first-order chi connectivity index (χ1) is 12.0. The van der Waals surface area contributed by atoms with Crippen molar-refractivity contribution in [3.63, 3.8) is 0 Å². The molecule has 1 aromatic heterocycles. The number of rotatable bonds is 2. The molecule has 1 heterocycles. The fraction of sp³-hybridized carbons (Fsp3) is 0.400. The van der Waals surface area contributed by atoms with Crippen LogP contribution in [0.5, 0.6) is 0 Å². The number of hydrogen-bond acceptors (Lipinski definition) is 5. The van der Waals surface area contributed by atoms with Crippen LogP contribution in [0.4, 0.5) is 0 Å². The number of fused-ring (bicyclic) bond motifs is 1. The number of carbonyl (C=O) groups excluding carboxylic acids is 1. The van der Waals surface area contributed by atoms with Gasteiger partial charge in [-0.05, 0) is 50.8 Å². The molecule has 130 valence electrons. The van der Waals surface area contributed by atoms with Gasteiger partial charge in [0.1, 0.15) is 11.2 Å². The normalized spacial score (nSPS) is 16.1. The zero-order chi connectivity index (χ0) is 17.9. The number of ether oxygens (including phenoxy) is 1. The highest BCUT2D eigenvalue weighted by Crippen LogP contribution is 2.27. The summed E-state index contributed by atoms with van der Waals surface area (Å²) in [6.45, 7) is 1.88. The maximum Gasteiger partial charge on any atom is 0.374 e. The molecule has 1 N–H and O–H groups in total. The number of esters is 1. The van der Waals surface area contributed by atoms with Crippen LogP contribution >= 0.6 is 0 Å². The fourth-order valence-corrected chi connectivity index (χ4v) is 2.99. The van der Waals surface area contributed by atoms with E-state index in [1.54, 1.807) is 25.1 Å². The van der Waals surface area contributed by atoms with E-state index in [1.807, 2.05) is 0 Å². The molecular weight excluding hydrogens is 320 g/mol. The zero-order valence-electron chi connectivity index (χ0n) is 14.1. The monoisotopic (exact) mass is 340 g/mol. The summed E-state index contributed by atoms with van der Waals surface area (Å²) in [5, 5.41) is 10.8. The van der Waals surface area contributed by atoms with Crippen LogP contribution in [-0.2, 0) is 4.74 Å². The molecule has 3 rings (SSSR count). The summed E-state index contributed by atoms with van der Waals surface area (Å²) >= 11 is 0. The van der Waals surface area contributed by atoms with Gasteiger partial charge in [-0.2, -0.15) is 0 Å². The van der Waals surface area contributed by atoms with Crippen LogP contribution in [0, 0.1) is 11.8 Å². The topological polar surface area (TPSA) is 76.7 Å². The lowest BCUT2D eigenvalue weighted by atomic mass is 9.85. The highest BCUT2D eigenvalue weighted by molar-refractivity contribution is 5.89. The molecule has 1 aliphatic rings. The van der Waals surface area contributed by atoms with Crippen LogP contribution in [-0.4, -0.2) is 23.3 Å². The van der Waals surface area contributed by atoms with Gasteiger partial charge in [0.15, 0.2) is 5.43 Å². The molecule has 5 heteroatoms. The van der Waals surface area contributed by atoms with Crippen LogP contribution in [0.3, 0.4) is 0 Å². The molecule has 0 unspecified atom stereocenters. The molecule has 25 heavy (non-hydrogen) atoms. The molecule has 0 aliphatic heterocycles. The lowest BCUT2D eigenvalue weighted by Gasteiger charge is -2.26. The van der Waals surface area contributed by atoms with Crippen molar-refractivity contribution in [2.75, 3.05) is 6.61 Å². The summed E-state index contributed by atoms with van der Waals surface area (Å²) in [7, 11) is 0. The van der Waals surface area contributed by atoms with Crippen molar-refractivity contribution in [2.45, 2.75) is 44.6 Å². The van der Waals surface area contributed by atoms with Crippen molar-refractivity contribution >= 4 is 16.9 Å². The number of hydrogen-bond donors (Lipinski definition) is 1. The van der Waals surface area contributed by atoms with E-state index in [1.165, 1.54) is 0 Å². The van der Waals surface area contributed by atoms with E-state index in [2.05, 4.69) is 11.8 Å². The minimum Gasteiger partial charge on any atom is -0.460 e. The Balaban J connectivity index is 1.96. The molecule has 0 atom stereocenters. The van der Waals surface area contributed by atoms with Crippen molar-refractivity contribution < 1.29 is 19.1 Å². The van der Waals surface area contributed by atoms with Gasteiger partial charge in [0.25, 0.3) is 0 Å². The molecular formula is C20H20O5. The van der Waals surface area contributed by atoms with Gasteiger partial charge in [0, 0.05) is 11.6 Å². The van der Waals surface area contributed by atoms with Gasteiger partial charge in [0.05, 0.1) is 12.0 Å². The van der Waals surface area contributed by atoms with Crippen molar-refractivity contribution in [1.82, 2.24) is 0 Å². The number of carbonyl (C=O) groups is 1. The van der Waals surface area contributed by atoms with Crippen molar-refractivity contribution in [2.24, 2.45) is 0 Å². The van der Waals surface area contributed by atoms with E-state index in [0.29, 0.717) is 23.8 Å². The van der Waals surface area contributed by atoms with Gasteiger partial charge in [-0.1, -0.05) is 18.3 Å². The quantitative estimate of drug-likeness (QED) is 0.672. The van der Waals surface area contributed by atoms with Crippen molar-refractivity contribution in [3.05, 3.63) is 45.8 Å². The SMILES string of the molecule is CCOC(=O)c1cc(=O)c2ccc(C#CC3(O)CCCCC3)cc2o1. The summed E-state index contributed by atoms with van der Waals surface area (Å²) < 4.78 is 10.4. The van der Waals surface area contributed by atoms with Gasteiger partial charge in [-0.25, -0.2) is 4.79 Å². The van der Waals surface area contributed by atoms with Crippen LogP contribution in [0.1, 0.15) is 55.1 Å². The van der Waals surface area contributed by atoms with Gasteiger partial charge in [-0.3, -0.25) is 4.79 Å². The molecule has 0 spiro atoms. The summed E-state index contributed by atoms with van der Waals surface area (Å²) in [6, 6.07) is 6.07. The Labute approximate surface area is 145 Å². The highest BCUT2D eigenvalue weighted by atomic mass is 16.5. The molecule has 0 amide bonds. The minimum atomic E-state index is -0.944. The average molecular weight is 340 g/mol. The third-order valence-corrected chi connectivity index (χ3v) is 4.33. The molecule has 1 saturated carbocycles. The average Bonchev–Trinajstić information content (AvgIpc) is 2.60. The summed E-state index contributed by atoms with van der Waals surface area (Å²) in [6.07, 6.45) is 4.43. The highest BCUT2D eigenvalue weighted by Gasteiger charge is 2.26. The van der Waals surface area contributed by atoms with E-state index in [9.17, 15) is 14.7 Å². The predicted octanol–water partition coefficient (Wildman–Crippen LogP) is 3.02. The Morgan fingerprint density at radius 2 is 2.04 bits per heavy atom. The van der Waals surface area contributed by atoms with Crippen LogP contribution in [0.25, 0.3) is 11.0 Å². The van der Waals surface area contributed by atoms with Crippen LogP contribution in [0.15, 0.2) is 33.5 Å². The van der Waals surface area contributed by atoms with E-state index < -0.39 is 11.6 Å². The molecule has 1 fully saturated rings. The molecule has 2 aromatic rings. The van der Waals surface area contributed by atoms with Gasteiger partial charge in [-0.15, -0.1) is 0 Å². The third-order valence-electron chi connectivity index (χ3n) is 4.33. The largest absolute Gasteiger partial charge is 0.460 e. The number of benzene rings is 1.